The van der Waals surface area contributed by atoms with E-state index in [1.165, 1.54) is 12.3 Å². The summed E-state index contributed by atoms with van der Waals surface area (Å²) in [5.74, 6) is -0.973. The summed E-state index contributed by atoms with van der Waals surface area (Å²) < 4.78 is 20.1. The van der Waals surface area contributed by atoms with E-state index in [4.69, 9.17) is 16.3 Å². The summed E-state index contributed by atoms with van der Waals surface area (Å²) in [5, 5.41) is 11.8. The number of carboxylic acids is 1. The van der Waals surface area contributed by atoms with Gasteiger partial charge in [0.15, 0.2) is 0 Å². The van der Waals surface area contributed by atoms with Gasteiger partial charge in [0, 0.05) is 41.0 Å². The van der Waals surface area contributed by atoms with Crippen LogP contribution in [0.3, 0.4) is 0 Å². The standard InChI is InChI=1S/C24H22ClFN2O3.Na/c1-15-4-7-23(31-14-16-5-6-18(25)10-21(16)26)17(9-15)13-28-8-2-3-19-20(24(29)30)11-27-12-22(19)28;/h4-7,9-12H,2-3,8,13-14H2,1H3,(H,29,30);/q;+1/p-1. The van der Waals surface area contributed by atoms with Crippen LogP contribution >= 0.6 is 11.6 Å². The number of nitrogens with zero attached hydrogens (tertiary/aromatic N) is 2. The SMILES string of the molecule is Cc1ccc(OCc2ccc(Cl)cc2F)c(CN2CCCc3c(C(=O)[O-])cncc32)c1.[Na+]. The van der Waals surface area contributed by atoms with Gasteiger partial charge in [0.05, 0.1) is 17.9 Å². The fourth-order valence-corrected chi connectivity index (χ4v) is 4.05. The smallest absolute Gasteiger partial charge is 0.545 e. The zero-order valence-electron chi connectivity index (χ0n) is 18.0. The summed E-state index contributed by atoms with van der Waals surface area (Å²) >= 11 is 5.83. The Balaban J connectivity index is 0.00000289. The van der Waals surface area contributed by atoms with Crippen LogP contribution < -0.4 is 44.3 Å². The third-order valence-electron chi connectivity index (χ3n) is 5.43. The number of ether oxygens (including phenoxy) is 1. The number of pyridine rings is 1. The summed E-state index contributed by atoms with van der Waals surface area (Å²) in [7, 11) is 0. The van der Waals surface area contributed by atoms with E-state index in [0.717, 1.165) is 35.3 Å². The monoisotopic (exact) mass is 462 g/mol. The average molecular weight is 463 g/mol. The van der Waals surface area contributed by atoms with Crippen molar-refractivity contribution in [2.24, 2.45) is 0 Å². The van der Waals surface area contributed by atoms with E-state index in [0.29, 0.717) is 29.3 Å². The molecule has 0 radical (unpaired) electrons. The molecule has 0 bridgehead atoms. The van der Waals surface area contributed by atoms with Crippen LogP contribution in [0.5, 0.6) is 5.75 Å². The van der Waals surface area contributed by atoms with Gasteiger partial charge in [0.1, 0.15) is 18.2 Å². The molecule has 0 spiro atoms. The van der Waals surface area contributed by atoms with Crippen LogP contribution in [0.2, 0.25) is 5.02 Å². The minimum absolute atomic E-state index is 0. The molecule has 1 aliphatic heterocycles. The molecule has 1 aromatic heterocycles. The minimum Gasteiger partial charge on any atom is -0.545 e. The van der Waals surface area contributed by atoms with Gasteiger partial charge in [0.2, 0.25) is 0 Å². The summed E-state index contributed by atoms with van der Waals surface area (Å²) in [4.78, 5) is 17.7. The molecule has 3 aromatic rings. The Morgan fingerprint density at radius 1 is 1.22 bits per heavy atom. The molecule has 160 valence electrons. The number of fused-ring (bicyclic) bond motifs is 1. The van der Waals surface area contributed by atoms with E-state index in [-0.39, 0.29) is 41.7 Å². The number of carbonyl (C=O) groups is 1. The van der Waals surface area contributed by atoms with Crippen molar-refractivity contribution >= 4 is 23.3 Å². The molecule has 2 aromatic carbocycles. The van der Waals surface area contributed by atoms with Gasteiger partial charge in [-0.1, -0.05) is 35.4 Å². The second-order valence-corrected chi connectivity index (χ2v) is 8.07. The van der Waals surface area contributed by atoms with Gasteiger partial charge in [0.25, 0.3) is 0 Å². The number of hydrogen-bond acceptors (Lipinski definition) is 5. The number of rotatable bonds is 6. The van der Waals surface area contributed by atoms with Crippen LogP contribution in [0.1, 0.15) is 39.0 Å². The van der Waals surface area contributed by atoms with Crippen molar-refractivity contribution in [3.8, 4) is 5.75 Å². The number of carboxylic acid groups (broad SMARTS) is 1. The Morgan fingerprint density at radius 2 is 2.03 bits per heavy atom. The van der Waals surface area contributed by atoms with Crippen molar-refractivity contribution in [3.63, 3.8) is 0 Å². The van der Waals surface area contributed by atoms with Crippen LogP contribution in [-0.2, 0) is 19.6 Å². The van der Waals surface area contributed by atoms with E-state index >= 15 is 0 Å². The van der Waals surface area contributed by atoms with E-state index in [2.05, 4.69) is 9.88 Å². The number of anilines is 1. The van der Waals surface area contributed by atoms with Crippen molar-refractivity contribution in [1.29, 1.82) is 0 Å². The van der Waals surface area contributed by atoms with Crippen LogP contribution in [0, 0.1) is 12.7 Å². The number of aromatic nitrogens is 1. The third-order valence-corrected chi connectivity index (χ3v) is 5.66. The number of hydrogen-bond donors (Lipinski definition) is 0. The molecule has 2 heterocycles. The topological polar surface area (TPSA) is 65.5 Å². The van der Waals surface area contributed by atoms with Crippen molar-refractivity contribution < 1.29 is 48.6 Å². The first-order chi connectivity index (χ1) is 14.9. The fraction of sp³-hybridized carbons (Fsp3) is 0.250. The first-order valence-electron chi connectivity index (χ1n) is 10.0. The first-order valence-corrected chi connectivity index (χ1v) is 10.4. The third kappa shape index (κ3) is 5.44. The van der Waals surface area contributed by atoms with Crippen LogP contribution in [-0.4, -0.2) is 17.5 Å². The summed E-state index contributed by atoms with van der Waals surface area (Å²) in [6, 6.07) is 10.3. The van der Waals surface area contributed by atoms with Crippen LogP contribution in [0.15, 0.2) is 48.8 Å². The predicted octanol–water partition coefficient (Wildman–Crippen LogP) is 1.08. The van der Waals surface area contributed by atoms with E-state index in [1.54, 1.807) is 18.3 Å². The normalized spacial score (nSPS) is 12.7. The molecular formula is C24H21ClFN2NaO3. The van der Waals surface area contributed by atoms with Crippen molar-refractivity contribution in [3.05, 3.63) is 87.4 Å². The van der Waals surface area contributed by atoms with Crippen molar-refractivity contribution in [2.45, 2.75) is 32.9 Å². The second-order valence-electron chi connectivity index (χ2n) is 7.63. The van der Waals surface area contributed by atoms with Gasteiger partial charge in [-0.05, 0) is 43.5 Å². The molecule has 4 rings (SSSR count). The fourth-order valence-electron chi connectivity index (χ4n) is 3.89. The Kier molecular flexibility index (Phi) is 8.17. The summed E-state index contributed by atoms with van der Waals surface area (Å²) in [6.07, 6.45) is 4.54. The Morgan fingerprint density at radius 3 is 2.78 bits per heavy atom. The first kappa shape index (κ1) is 24.5. The van der Waals surface area contributed by atoms with Crippen molar-refractivity contribution in [1.82, 2.24) is 4.98 Å². The maximum atomic E-state index is 14.1. The molecule has 0 atom stereocenters. The molecule has 0 saturated carbocycles. The summed E-state index contributed by atoms with van der Waals surface area (Å²) in [6.45, 7) is 3.35. The number of aromatic carboxylic acids is 1. The van der Waals surface area contributed by atoms with Crippen molar-refractivity contribution in [2.75, 3.05) is 11.4 Å². The number of halogens is 2. The zero-order chi connectivity index (χ0) is 22.0. The molecule has 0 unspecified atom stereocenters. The molecule has 0 amide bonds. The average Bonchev–Trinajstić information content (AvgIpc) is 2.74. The molecule has 0 N–H and O–H groups in total. The Labute approximate surface area is 213 Å². The van der Waals surface area contributed by atoms with Gasteiger partial charge in [-0.15, -0.1) is 0 Å². The van der Waals surface area contributed by atoms with Gasteiger partial charge >= 0.3 is 29.6 Å². The minimum atomic E-state index is -1.21. The quantitative estimate of drug-likeness (QED) is 0.513. The van der Waals surface area contributed by atoms with E-state index < -0.39 is 11.8 Å². The molecule has 5 nitrogen and oxygen atoms in total. The van der Waals surface area contributed by atoms with Gasteiger partial charge in [-0.3, -0.25) is 4.98 Å². The van der Waals surface area contributed by atoms with E-state index in [1.807, 2.05) is 25.1 Å². The molecule has 0 fully saturated rings. The molecule has 32 heavy (non-hydrogen) atoms. The molecule has 8 heteroatoms. The van der Waals surface area contributed by atoms with Gasteiger partial charge in [-0.25, -0.2) is 4.39 Å². The molecule has 0 aliphatic carbocycles. The maximum absolute atomic E-state index is 14.1. The zero-order valence-corrected chi connectivity index (χ0v) is 20.8. The largest absolute Gasteiger partial charge is 1.00 e. The predicted molar refractivity (Wildman–Crippen MR) is 115 cm³/mol. The number of aryl methyl sites for hydroxylation is 1. The number of carbonyl (C=O) groups excluding carboxylic acids is 1. The Bertz CT molecular complexity index is 1140. The maximum Gasteiger partial charge on any atom is 1.00 e. The molecule has 1 aliphatic rings. The number of benzene rings is 2. The molecular weight excluding hydrogens is 442 g/mol. The molecule has 0 saturated heterocycles. The Hall–Kier alpha value is -2.12. The second kappa shape index (κ2) is 10.7. The summed E-state index contributed by atoms with van der Waals surface area (Å²) in [5.41, 5.74) is 4.10. The van der Waals surface area contributed by atoms with Gasteiger partial charge < -0.3 is 19.5 Å². The van der Waals surface area contributed by atoms with Gasteiger partial charge in [-0.2, -0.15) is 0 Å². The van der Waals surface area contributed by atoms with Crippen LogP contribution in [0.4, 0.5) is 10.1 Å². The van der Waals surface area contributed by atoms with Crippen LogP contribution in [0.25, 0.3) is 0 Å². The van der Waals surface area contributed by atoms with E-state index in [9.17, 15) is 14.3 Å².